The molecule has 0 fully saturated rings. The summed E-state index contributed by atoms with van der Waals surface area (Å²) in [5.74, 6) is 1.35. The Morgan fingerprint density at radius 1 is 1.00 bits per heavy atom. The average molecular weight is 497 g/mol. The number of amides is 1. The molecular formula is C31H32N2O4. The van der Waals surface area contributed by atoms with Gasteiger partial charge in [-0.1, -0.05) is 24.3 Å². The van der Waals surface area contributed by atoms with Crippen molar-refractivity contribution in [1.82, 2.24) is 10.3 Å². The first kappa shape index (κ1) is 24.5. The van der Waals surface area contributed by atoms with E-state index < -0.39 is 0 Å². The summed E-state index contributed by atoms with van der Waals surface area (Å²) in [5.41, 5.74) is 7.04. The standard InChI is InChI=1S/C31H32N2O4/c1-6-36-27-12-11-21(15-29(27)35-5)24(25-17-32-26-10-8-7-9-22(25)26)16-33-31(34)30-20(4)23-13-18(2)19(3)14-28(23)37-30/h7-15,17,24,32H,6,16H2,1-5H3,(H,33,34)/t24-/m0/s1. The van der Waals surface area contributed by atoms with Crippen molar-refractivity contribution in [2.24, 2.45) is 0 Å². The van der Waals surface area contributed by atoms with Gasteiger partial charge >= 0.3 is 0 Å². The van der Waals surface area contributed by atoms with Crippen LogP contribution in [0, 0.1) is 20.8 Å². The fourth-order valence-corrected chi connectivity index (χ4v) is 4.93. The molecule has 37 heavy (non-hydrogen) atoms. The quantitative estimate of drug-likeness (QED) is 0.247. The van der Waals surface area contributed by atoms with E-state index >= 15 is 0 Å². The Morgan fingerprint density at radius 2 is 1.78 bits per heavy atom. The van der Waals surface area contributed by atoms with Crippen LogP contribution < -0.4 is 14.8 Å². The monoisotopic (exact) mass is 496 g/mol. The average Bonchev–Trinajstić information content (AvgIpc) is 3.46. The first-order valence-electron chi connectivity index (χ1n) is 12.6. The zero-order valence-electron chi connectivity index (χ0n) is 21.9. The number of fused-ring (bicyclic) bond motifs is 2. The molecule has 0 spiro atoms. The van der Waals surface area contributed by atoms with E-state index in [1.165, 1.54) is 5.56 Å². The smallest absolute Gasteiger partial charge is 0.287 e. The summed E-state index contributed by atoms with van der Waals surface area (Å²) >= 11 is 0. The third-order valence-corrected chi connectivity index (χ3v) is 7.11. The minimum absolute atomic E-state index is 0.126. The first-order chi connectivity index (χ1) is 17.9. The molecule has 1 amide bonds. The highest BCUT2D eigenvalue weighted by atomic mass is 16.5. The highest BCUT2D eigenvalue weighted by molar-refractivity contribution is 5.99. The molecule has 1 atom stereocenters. The van der Waals surface area contributed by atoms with Crippen LogP contribution in [0.3, 0.4) is 0 Å². The van der Waals surface area contributed by atoms with Gasteiger partial charge in [0.2, 0.25) is 0 Å². The third-order valence-electron chi connectivity index (χ3n) is 7.11. The van der Waals surface area contributed by atoms with Crippen LogP contribution in [-0.4, -0.2) is 31.2 Å². The number of para-hydroxylation sites is 1. The second kappa shape index (κ2) is 10.1. The van der Waals surface area contributed by atoms with Gasteiger partial charge in [-0.3, -0.25) is 4.79 Å². The lowest BCUT2D eigenvalue weighted by atomic mass is 9.90. The lowest BCUT2D eigenvalue weighted by Crippen LogP contribution is -2.29. The second-order valence-electron chi connectivity index (χ2n) is 9.38. The maximum atomic E-state index is 13.4. The summed E-state index contributed by atoms with van der Waals surface area (Å²) in [6, 6.07) is 18.2. The molecule has 3 aromatic carbocycles. The van der Waals surface area contributed by atoms with Gasteiger partial charge < -0.3 is 24.2 Å². The molecule has 5 rings (SSSR count). The van der Waals surface area contributed by atoms with Gasteiger partial charge in [-0.15, -0.1) is 0 Å². The van der Waals surface area contributed by atoms with Crippen molar-refractivity contribution in [3.8, 4) is 11.5 Å². The Morgan fingerprint density at radius 3 is 2.57 bits per heavy atom. The van der Waals surface area contributed by atoms with Crippen molar-refractivity contribution in [3.63, 3.8) is 0 Å². The Labute approximate surface area is 216 Å². The van der Waals surface area contributed by atoms with Crippen molar-refractivity contribution in [2.75, 3.05) is 20.3 Å². The summed E-state index contributed by atoms with van der Waals surface area (Å²) in [5, 5.41) is 5.22. The Balaban J connectivity index is 1.50. The fourth-order valence-electron chi connectivity index (χ4n) is 4.93. The van der Waals surface area contributed by atoms with E-state index in [0.717, 1.165) is 44.1 Å². The van der Waals surface area contributed by atoms with Crippen molar-refractivity contribution < 1.29 is 18.7 Å². The van der Waals surface area contributed by atoms with Crippen LogP contribution in [0.25, 0.3) is 21.9 Å². The van der Waals surface area contributed by atoms with Crippen LogP contribution in [0.2, 0.25) is 0 Å². The SMILES string of the molecule is CCOc1ccc([C@H](CNC(=O)c2oc3cc(C)c(C)cc3c2C)c2c[nH]c3ccccc23)cc1OC. The van der Waals surface area contributed by atoms with Gasteiger partial charge in [0.15, 0.2) is 17.3 Å². The molecule has 0 aliphatic carbocycles. The predicted octanol–water partition coefficient (Wildman–Crippen LogP) is 6.81. The second-order valence-corrected chi connectivity index (χ2v) is 9.38. The highest BCUT2D eigenvalue weighted by Gasteiger charge is 2.23. The highest BCUT2D eigenvalue weighted by Crippen LogP contribution is 2.36. The summed E-state index contributed by atoms with van der Waals surface area (Å²) in [6.07, 6.45) is 2.02. The minimum Gasteiger partial charge on any atom is -0.493 e. The van der Waals surface area contributed by atoms with Crippen LogP contribution in [0.1, 0.15) is 51.2 Å². The topological polar surface area (TPSA) is 76.5 Å². The summed E-state index contributed by atoms with van der Waals surface area (Å²) in [6.45, 7) is 8.92. The number of nitrogens with one attached hydrogen (secondary N) is 2. The number of methoxy groups -OCH3 is 1. The van der Waals surface area contributed by atoms with E-state index in [1.807, 2.05) is 63.4 Å². The molecular weight excluding hydrogens is 464 g/mol. The molecule has 6 heteroatoms. The van der Waals surface area contributed by atoms with Gasteiger partial charge in [0.1, 0.15) is 5.58 Å². The molecule has 190 valence electrons. The zero-order valence-corrected chi connectivity index (χ0v) is 21.9. The van der Waals surface area contributed by atoms with E-state index in [4.69, 9.17) is 13.9 Å². The first-order valence-corrected chi connectivity index (χ1v) is 12.6. The lowest BCUT2D eigenvalue weighted by molar-refractivity contribution is 0.0926. The Bertz CT molecular complexity index is 1590. The molecule has 2 N–H and O–H groups in total. The van der Waals surface area contributed by atoms with Crippen molar-refractivity contribution in [3.05, 3.63) is 94.4 Å². The predicted molar refractivity (Wildman–Crippen MR) is 147 cm³/mol. The molecule has 0 saturated carbocycles. The van der Waals surface area contributed by atoms with Crippen LogP contribution in [0.5, 0.6) is 11.5 Å². The molecule has 0 unspecified atom stereocenters. The largest absolute Gasteiger partial charge is 0.493 e. The number of furan rings is 1. The van der Waals surface area contributed by atoms with Crippen molar-refractivity contribution in [2.45, 2.75) is 33.6 Å². The molecule has 0 bridgehead atoms. The number of hydrogen-bond donors (Lipinski definition) is 2. The number of H-pyrrole nitrogens is 1. The lowest BCUT2D eigenvalue weighted by Gasteiger charge is -2.20. The van der Waals surface area contributed by atoms with Gasteiger partial charge in [-0.2, -0.15) is 0 Å². The van der Waals surface area contributed by atoms with Gasteiger partial charge in [0.05, 0.1) is 13.7 Å². The van der Waals surface area contributed by atoms with Crippen LogP contribution in [0.4, 0.5) is 0 Å². The van der Waals surface area contributed by atoms with E-state index in [9.17, 15) is 4.79 Å². The van der Waals surface area contributed by atoms with Crippen molar-refractivity contribution >= 4 is 27.8 Å². The number of benzene rings is 3. The number of aryl methyl sites for hydroxylation is 3. The van der Waals surface area contributed by atoms with Crippen LogP contribution >= 0.6 is 0 Å². The fraction of sp³-hybridized carbons (Fsp3) is 0.258. The van der Waals surface area contributed by atoms with Gasteiger partial charge in [0, 0.05) is 40.5 Å². The molecule has 0 saturated heterocycles. The number of carbonyl (C=O) groups is 1. The number of rotatable bonds is 8. The van der Waals surface area contributed by atoms with E-state index in [2.05, 4.69) is 35.4 Å². The molecule has 2 heterocycles. The summed E-state index contributed by atoms with van der Waals surface area (Å²) in [7, 11) is 1.64. The Kier molecular flexibility index (Phi) is 6.66. The van der Waals surface area contributed by atoms with Gasteiger partial charge in [0.25, 0.3) is 5.91 Å². The molecule has 5 aromatic rings. The van der Waals surface area contributed by atoms with E-state index in [0.29, 0.717) is 30.4 Å². The normalized spacial score (nSPS) is 12.1. The summed E-state index contributed by atoms with van der Waals surface area (Å²) in [4.78, 5) is 16.7. The molecule has 0 aliphatic rings. The number of aromatic nitrogens is 1. The van der Waals surface area contributed by atoms with Crippen molar-refractivity contribution in [1.29, 1.82) is 0 Å². The zero-order chi connectivity index (χ0) is 26.1. The van der Waals surface area contributed by atoms with E-state index in [1.54, 1.807) is 7.11 Å². The number of aromatic amines is 1. The van der Waals surface area contributed by atoms with Crippen LogP contribution in [-0.2, 0) is 0 Å². The van der Waals surface area contributed by atoms with Gasteiger partial charge in [-0.05, 0) is 80.3 Å². The molecule has 0 radical (unpaired) electrons. The maximum Gasteiger partial charge on any atom is 0.287 e. The third kappa shape index (κ3) is 4.55. The number of ether oxygens (including phenoxy) is 2. The molecule has 0 aliphatic heterocycles. The molecule has 6 nitrogen and oxygen atoms in total. The number of carbonyl (C=O) groups excluding carboxylic acids is 1. The molecule has 2 aromatic heterocycles. The van der Waals surface area contributed by atoms with E-state index in [-0.39, 0.29) is 11.8 Å². The number of hydrogen-bond acceptors (Lipinski definition) is 4. The minimum atomic E-state index is -0.230. The summed E-state index contributed by atoms with van der Waals surface area (Å²) < 4.78 is 17.4. The van der Waals surface area contributed by atoms with Crippen LogP contribution in [0.15, 0.2) is 65.2 Å². The Hall–Kier alpha value is -4.19. The maximum absolute atomic E-state index is 13.4. The van der Waals surface area contributed by atoms with Gasteiger partial charge in [-0.25, -0.2) is 0 Å².